The summed E-state index contributed by atoms with van der Waals surface area (Å²) in [4.78, 5) is 3.76. The Balaban J connectivity index is 2.69. The lowest BCUT2D eigenvalue weighted by atomic mass is 10.0. The Morgan fingerprint density at radius 3 is 2.33 bits per heavy atom. The number of rotatable bonds is 1. The Morgan fingerprint density at radius 1 is 1.07 bits per heavy atom. The van der Waals surface area contributed by atoms with Crippen LogP contribution in [0.1, 0.15) is 0 Å². The first-order valence-corrected chi connectivity index (χ1v) is 4.34. The summed E-state index contributed by atoms with van der Waals surface area (Å²) in [7, 11) is 0. The minimum atomic E-state index is -0.632. The van der Waals surface area contributed by atoms with E-state index in [2.05, 4.69) is 4.98 Å². The molecule has 0 unspecified atom stereocenters. The van der Waals surface area contributed by atoms with Crippen LogP contribution < -0.4 is 5.73 Å². The van der Waals surface area contributed by atoms with Gasteiger partial charge in [0.15, 0.2) is 0 Å². The molecule has 0 fully saturated rings. The van der Waals surface area contributed by atoms with Crippen LogP contribution in [-0.2, 0) is 0 Å². The number of pyridine rings is 1. The van der Waals surface area contributed by atoms with Crippen LogP contribution >= 0.6 is 0 Å². The van der Waals surface area contributed by atoms with Gasteiger partial charge in [-0.2, -0.15) is 0 Å². The number of benzene rings is 1. The van der Waals surface area contributed by atoms with Crippen LogP contribution in [0.25, 0.3) is 11.1 Å². The van der Waals surface area contributed by atoms with Crippen molar-refractivity contribution in [2.45, 2.75) is 0 Å². The van der Waals surface area contributed by atoms with Crippen molar-refractivity contribution in [2.24, 2.45) is 0 Å². The number of aromatic nitrogens is 1. The highest BCUT2D eigenvalue weighted by Gasteiger charge is 2.12. The van der Waals surface area contributed by atoms with Crippen molar-refractivity contribution in [1.29, 1.82) is 0 Å². The van der Waals surface area contributed by atoms with E-state index in [1.54, 1.807) is 0 Å². The molecule has 0 spiro atoms. The van der Waals surface area contributed by atoms with Gasteiger partial charge in [0.05, 0.1) is 17.4 Å². The van der Waals surface area contributed by atoms with Gasteiger partial charge in [0.2, 0.25) is 0 Å². The summed E-state index contributed by atoms with van der Waals surface area (Å²) in [6.07, 6.45) is 2.80. The van der Waals surface area contributed by atoms with E-state index >= 15 is 0 Å². The zero-order valence-corrected chi connectivity index (χ0v) is 7.74. The zero-order valence-electron chi connectivity index (χ0n) is 7.74. The maximum absolute atomic E-state index is 13.4. The maximum Gasteiger partial charge on any atom is 0.134 e. The highest BCUT2D eigenvalue weighted by molar-refractivity contribution is 5.76. The van der Waals surface area contributed by atoms with Crippen molar-refractivity contribution in [3.63, 3.8) is 0 Å². The van der Waals surface area contributed by atoms with E-state index in [1.807, 2.05) is 0 Å². The number of nitrogens with zero attached hydrogens (tertiary/aromatic N) is 1. The average molecular weight is 206 g/mol. The van der Waals surface area contributed by atoms with Gasteiger partial charge in [-0.25, -0.2) is 8.78 Å². The fraction of sp³-hybridized carbons (Fsp3) is 0. The molecule has 2 aromatic rings. The average Bonchev–Trinajstić information content (AvgIpc) is 2.20. The molecule has 76 valence electrons. The highest BCUT2D eigenvalue weighted by atomic mass is 19.1. The number of nitrogen functional groups attached to an aromatic ring is 1. The molecule has 0 aliphatic carbocycles. The molecule has 0 aliphatic rings. The van der Waals surface area contributed by atoms with Crippen LogP contribution in [0.2, 0.25) is 0 Å². The highest BCUT2D eigenvalue weighted by Crippen LogP contribution is 2.29. The number of hydrogen-bond donors (Lipinski definition) is 1. The molecule has 0 saturated heterocycles. The molecule has 1 aromatic heterocycles. The summed E-state index contributed by atoms with van der Waals surface area (Å²) in [6, 6.07) is 5.18. The van der Waals surface area contributed by atoms with E-state index in [9.17, 15) is 8.78 Å². The molecule has 1 aromatic carbocycles. The van der Waals surface area contributed by atoms with Crippen molar-refractivity contribution in [3.05, 3.63) is 48.3 Å². The normalized spacial score (nSPS) is 10.3. The van der Waals surface area contributed by atoms with Gasteiger partial charge in [0, 0.05) is 11.8 Å². The molecule has 15 heavy (non-hydrogen) atoms. The van der Waals surface area contributed by atoms with E-state index in [-0.39, 0.29) is 11.3 Å². The molecule has 1 heterocycles. The first kappa shape index (κ1) is 9.58. The van der Waals surface area contributed by atoms with E-state index < -0.39 is 11.6 Å². The van der Waals surface area contributed by atoms with Crippen molar-refractivity contribution >= 4 is 5.69 Å². The second-order valence-electron chi connectivity index (χ2n) is 3.06. The predicted octanol–water partition coefficient (Wildman–Crippen LogP) is 2.61. The SMILES string of the molecule is Nc1cnccc1-c1c(F)cccc1F. The van der Waals surface area contributed by atoms with E-state index in [4.69, 9.17) is 5.73 Å². The summed E-state index contributed by atoms with van der Waals surface area (Å²) >= 11 is 0. The summed E-state index contributed by atoms with van der Waals surface area (Å²) < 4.78 is 26.8. The second-order valence-corrected chi connectivity index (χ2v) is 3.06. The van der Waals surface area contributed by atoms with Gasteiger partial charge in [-0.3, -0.25) is 4.98 Å². The first-order chi connectivity index (χ1) is 7.20. The molecular formula is C11H8F2N2. The van der Waals surface area contributed by atoms with E-state index in [1.165, 1.54) is 36.7 Å². The number of anilines is 1. The Hall–Kier alpha value is -1.97. The van der Waals surface area contributed by atoms with E-state index in [0.717, 1.165) is 0 Å². The van der Waals surface area contributed by atoms with Gasteiger partial charge in [0.1, 0.15) is 11.6 Å². The Kier molecular flexibility index (Phi) is 2.33. The van der Waals surface area contributed by atoms with Crippen LogP contribution in [0, 0.1) is 11.6 Å². The third-order valence-electron chi connectivity index (χ3n) is 2.08. The molecule has 0 atom stereocenters. The minimum absolute atomic E-state index is 0.114. The Morgan fingerprint density at radius 2 is 1.73 bits per heavy atom. The summed E-state index contributed by atoms with van der Waals surface area (Å²) in [5.74, 6) is -1.26. The molecule has 0 amide bonds. The molecule has 0 radical (unpaired) electrons. The van der Waals surface area contributed by atoms with Gasteiger partial charge in [0.25, 0.3) is 0 Å². The fourth-order valence-corrected chi connectivity index (χ4v) is 1.39. The molecule has 2 rings (SSSR count). The van der Waals surface area contributed by atoms with Gasteiger partial charge in [-0.05, 0) is 18.2 Å². The lowest BCUT2D eigenvalue weighted by molar-refractivity contribution is 0.589. The summed E-state index contributed by atoms with van der Waals surface area (Å²) in [5.41, 5.74) is 6.05. The Bertz CT molecular complexity index is 477. The fourth-order valence-electron chi connectivity index (χ4n) is 1.39. The summed E-state index contributed by atoms with van der Waals surface area (Å²) in [6.45, 7) is 0. The van der Waals surface area contributed by atoms with Gasteiger partial charge < -0.3 is 5.73 Å². The zero-order chi connectivity index (χ0) is 10.8. The number of halogens is 2. The van der Waals surface area contributed by atoms with Gasteiger partial charge >= 0.3 is 0 Å². The van der Waals surface area contributed by atoms with Crippen LogP contribution in [0.3, 0.4) is 0 Å². The quantitative estimate of drug-likeness (QED) is 0.778. The van der Waals surface area contributed by atoms with E-state index in [0.29, 0.717) is 5.56 Å². The Labute approximate surface area is 85.4 Å². The molecule has 2 N–H and O–H groups in total. The van der Waals surface area contributed by atoms with Crippen LogP contribution in [-0.4, -0.2) is 4.98 Å². The van der Waals surface area contributed by atoms with Crippen molar-refractivity contribution < 1.29 is 8.78 Å². The van der Waals surface area contributed by atoms with Crippen LogP contribution in [0.5, 0.6) is 0 Å². The first-order valence-electron chi connectivity index (χ1n) is 4.34. The third kappa shape index (κ3) is 1.66. The molecular weight excluding hydrogens is 198 g/mol. The lowest BCUT2D eigenvalue weighted by Crippen LogP contribution is -1.95. The van der Waals surface area contributed by atoms with Gasteiger partial charge in [-0.15, -0.1) is 0 Å². The molecule has 4 heteroatoms. The largest absolute Gasteiger partial charge is 0.397 e. The molecule has 0 saturated carbocycles. The van der Waals surface area contributed by atoms with Crippen molar-refractivity contribution in [1.82, 2.24) is 4.98 Å². The maximum atomic E-state index is 13.4. The monoisotopic (exact) mass is 206 g/mol. The van der Waals surface area contributed by atoms with Crippen LogP contribution in [0.15, 0.2) is 36.7 Å². The topological polar surface area (TPSA) is 38.9 Å². The minimum Gasteiger partial charge on any atom is -0.397 e. The number of nitrogens with two attached hydrogens (primary N) is 1. The molecule has 0 aliphatic heterocycles. The summed E-state index contributed by atoms with van der Waals surface area (Å²) in [5, 5.41) is 0. The number of hydrogen-bond acceptors (Lipinski definition) is 2. The molecule has 2 nitrogen and oxygen atoms in total. The van der Waals surface area contributed by atoms with Crippen molar-refractivity contribution in [2.75, 3.05) is 5.73 Å². The third-order valence-corrected chi connectivity index (χ3v) is 2.08. The van der Waals surface area contributed by atoms with Gasteiger partial charge in [-0.1, -0.05) is 6.07 Å². The standard InChI is InChI=1S/C11H8F2N2/c12-8-2-1-3-9(13)11(8)7-4-5-15-6-10(7)14/h1-6H,14H2. The predicted molar refractivity (Wildman–Crippen MR) is 54.0 cm³/mol. The lowest BCUT2D eigenvalue weighted by Gasteiger charge is -2.06. The van der Waals surface area contributed by atoms with Crippen LogP contribution in [0.4, 0.5) is 14.5 Å². The molecule has 0 bridgehead atoms. The second kappa shape index (κ2) is 3.65. The van der Waals surface area contributed by atoms with Crippen molar-refractivity contribution in [3.8, 4) is 11.1 Å². The smallest absolute Gasteiger partial charge is 0.134 e.